The van der Waals surface area contributed by atoms with E-state index in [2.05, 4.69) is 6.92 Å². The van der Waals surface area contributed by atoms with Crippen molar-refractivity contribution < 1.29 is 37.3 Å². The van der Waals surface area contributed by atoms with E-state index in [9.17, 15) is 14.3 Å². The van der Waals surface area contributed by atoms with Crippen LogP contribution in [0.15, 0.2) is 0 Å². The number of esters is 1. The molecule has 216 valence electrons. The first-order valence-electron chi connectivity index (χ1n) is 14.2. The molecule has 0 bridgehead atoms. The molecule has 8 nitrogen and oxygen atoms in total. The number of rotatable bonds is 25. The van der Waals surface area contributed by atoms with Crippen LogP contribution in [0.3, 0.4) is 0 Å². The Morgan fingerprint density at radius 2 is 1.28 bits per heavy atom. The van der Waals surface area contributed by atoms with Crippen LogP contribution in [-0.2, 0) is 27.9 Å². The summed E-state index contributed by atoms with van der Waals surface area (Å²) in [6, 6.07) is 0. The van der Waals surface area contributed by atoms with Gasteiger partial charge in [0.25, 0.3) is 0 Å². The topological polar surface area (TPSA) is 91.3 Å². The predicted molar refractivity (Wildman–Crippen MR) is 146 cm³/mol. The molecule has 0 fully saturated rings. The Balaban J connectivity index is 3.94. The number of ether oxygens (including phenoxy) is 2. The first kappa shape index (κ1) is 35.5. The number of nitrogens with zero attached hydrogens (tertiary/aromatic N) is 1. The molecule has 0 aliphatic rings. The van der Waals surface area contributed by atoms with E-state index in [4.69, 9.17) is 18.5 Å². The van der Waals surface area contributed by atoms with Gasteiger partial charge in [-0.15, -0.1) is 0 Å². The molecule has 36 heavy (non-hydrogen) atoms. The van der Waals surface area contributed by atoms with Crippen molar-refractivity contribution in [2.75, 3.05) is 47.5 Å². The lowest BCUT2D eigenvalue weighted by molar-refractivity contribution is -0.870. The highest BCUT2D eigenvalue weighted by Crippen LogP contribution is 2.43. The van der Waals surface area contributed by atoms with Gasteiger partial charge in [0.2, 0.25) is 0 Å². The molecular formula is C27H57NO7P+. The van der Waals surface area contributed by atoms with Crippen LogP contribution >= 0.6 is 7.82 Å². The van der Waals surface area contributed by atoms with Gasteiger partial charge in [-0.1, -0.05) is 90.4 Å². The standard InChI is InChI=1S/C27H56NO7P/c1-7-8-9-10-11-12-13-14-15-16-17-18-19-20-22-32-25(2)27(35-26(3)29)24-34-36(30,31)33-23-21-28(4,5)6/h25,27H,7-24H2,1-6H3/p+1. The molecule has 0 saturated carbocycles. The molecule has 9 heteroatoms. The number of unbranched alkanes of at least 4 members (excludes halogenated alkanes) is 13. The molecule has 0 aromatic heterocycles. The minimum atomic E-state index is -4.24. The van der Waals surface area contributed by atoms with Crippen molar-refractivity contribution in [2.45, 2.75) is 123 Å². The predicted octanol–water partition coefficient (Wildman–Crippen LogP) is 6.64. The van der Waals surface area contributed by atoms with Gasteiger partial charge in [-0.05, 0) is 13.3 Å². The van der Waals surface area contributed by atoms with Crippen molar-refractivity contribution in [3.8, 4) is 0 Å². The second kappa shape index (κ2) is 21.4. The Kier molecular flexibility index (Phi) is 21.1. The summed E-state index contributed by atoms with van der Waals surface area (Å²) in [6.07, 6.45) is 16.9. The molecule has 0 heterocycles. The smallest absolute Gasteiger partial charge is 0.457 e. The molecule has 0 aromatic carbocycles. The zero-order valence-corrected chi connectivity index (χ0v) is 25.1. The summed E-state index contributed by atoms with van der Waals surface area (Å²) >= 11 is 0. The van der Waals surface area contributed by atoms with Crippen LogP contribution in [-0.4, -0.2) is 75.1 Å². The summed E-state index contributed by atoms with van der Waals surface area (Å²) in [4.78, 5) is 21.4. The minimum Gasteiger partial charge on any atom is -0.457 e. The van der Waals surface area contributed by atoms with Crippen LogP contribution in [0.25, 0.3) is 0 Å². The number of phosphoric acid groups is 1. The summed E-state index contributed by atoms with van der Waals surface area (Å²) in [5.74, 6) is -0.491. The van der Waals surface area contributed by atoms with Crippen molar-refractivity contribution in [1.82, 2.24) is 0 Å². The molecule has 0 saturated heterocycles. The van der Waals surface area contributed by atoms with E-state index < -0.39 is 26.0 Å². The second-order valence-corrected chi connectivity index (χ2v) is 12.4. The van der Waals surface area contributed by atoms with Gasteiger partial charge in [0.1, 0.15) is 13.2 Å². The Bertz CT molecular complexity index is 583. The van der Waals surface area contributed by atoms with E-state index >= 15 is 0 Å². The van der Waals surface area contributed by atoms with Gasteiger partial charge >= 0.3 is 13.8 Å². The second-order valence-electron chi connectivity index (χ2n) is 10.9. The van der Waals surface area contributed by atoms with Crippen molar-refractivity contribution in [2.24, 2.45) is 0 Å². The quantitative estimate of drug-likeness (QED) is 0.0602. The summed E-state index contributed by atoms with van der Waals surface area (Å²) in [7, 11) is 1.64. The fraction of sp³-hybridized carbons (Fsp3) is 0.963. The number of quaternary nitrogens is 1. The van der Waals surface area contributed by atoms with Gasteiger partial charge in [0.05, 0.1) is 33.9 Å². The highest BCUT2D eigenvalue weighted by molar-refractivity contribution is 7.47. The third-order valence-electron chi connectivity index (χ3n) is 6.14. The van der Waals surface area contributed by atoms with Gasteiger partial charge < -0.3 is 18.9 Å². The molecule has 1 N–H and O–H groups in total. The third kappa shape index (κ3) is 23.9. The highest BCUT2D eigenvalue weighted by Gasteiger charge is 2.28. The van der Waals surface area contributed by atoms with Crippen LogP contribution in [0.4, 0.5) is 0 Å². The molecular weight excluding hydrogens is 481 g/mol. The summed E-state index contributed by atoms with van der Waals surface area (Å²) < 4.78 is 33.9. The van der Waals surface area contributed by atoms with E-state index in [-0.39, 0.29) is 13.2 Å². The lowest BCUT2D eigenvalue weighted by atomic mass is 10.0. The van der Waals surface area contributed by atoms with Gasteiger partial charge in [-0.2, -0.15) is 0 Å². The lowest BCUT2D eigenvalue weighted by Crippen LogP contribution is -2.37. The van der Waals surface area contributed by atoms with Gasteiger partial charge in [0.15, 0.2) is 6.10 Å². The SMILES string of the molecule is CCCCCCCCCCCCCCCCOC(C)C(COP(=O)(O)OCC[N+](C)(C)C)OC(C)=O. The maximum absolute atomic E-state index is 12.1. The van der Waals surface area contributed by atoms with Crippen molar-refractivity contribution in [1.29, 1.82) is 0 Å². The minimum absolute atomic E-state index is 0.0840. The number of hydrogen-bond donors (Lipinski definition) is 1. The Hall–Kier alpha value is -0.500. The fourth-order valence-electron chi connectivity index (χ4n) is 3.79. The highest BCUT2D eigenvalue weighted by atomic mass is 31.2. The molecule has 0 aliphatic carbocycles. The maximum Gasteiger partial charge on any atom is 0.472 e. The molecule has 0 amide bonds. The van der Waals surface area contributed by atoms with E-state index in [0.29, 0.717) is 17.6 Å². The van der Waals surface area contributed by atoms with Crippen LogP contribution in [0.2, 0.25) is 0 Å². The molecule has 0 rings (SSSR count). The van der Waals surface area contributed by atoms with E-state index in [0.717, 1.165) is 12.8 Å². The molecule has 0 spiro atoms. The number of phosphoric ester groups is 1. The molecule has 0 aromatic rings. The van der Waals surface area contributed by atoms with Crippen LogP contribution in [0, 0.1) is 0 Å². The van der Waals surface area contributed by atoms with E-state index in [1.165, 1.54) is 84.0 Å². The average molecular weight is 539 g/mol. The first-order valence-corrected chi connectivity index (χ1v) is 15.7. The monoisotopic (exact) mass is 538 g/mol. The third-order valence-corrected chi connectivity index (χ3v) is 7.12. The Labute approximate surface area is 221 Å². The van der Waals surface area contributed by atoms with E-state index in [1.807, 2.05) is 21.1 Å². The van der Waals surface area contributed by atoms with Gasteiger partial charge in [-0.25, -0.2) is 4.57 Å². The van der Waals surface area contributed by atoms with Gasteiger partial charge in [0, 0.05) is 13.5 Å². The van der Waals surface area contributed by atoms with E-state index in [1.54, 1.807) is 6.92 Å². The number of hydrogen-bond acceptors (Lipinski definition) is 6. The van der Waals surface area contributed by atoms with Crippen molar-refractivity contribution in [3.63, 3.8) is 0 Å². The number of carbonyl (C=O) groups is 1. The number of carbonyl (C=O) groups excluding carboxylic acids is 1. The van der Waals surface area contributed by atoms with Gasteiger partial charge in [-0.3, -0.25) is 13.8 Å². The Morgan fingerprint density at radius 3 is 1.72 bits per heavy atom. The molecule has 0 radical (unpaired) electrons. The van der Waals surface area contributed by atoms with Crippen molar-refractivity contribution in [3.05, 3.63) is 0 Å². The van der Waals surface area contributed by atoms with Crippen LogP contribution in [0.1, 0.15) is 111 Å². The molecule has 3 unspecified atom stereocenters. The summed E-state index contributed by atoms with van der Waals surface area (Å²) in [5.41, 5.74) is 0. The first-order chi connectivity index (χ1) is 17.0. The molecule has 3 atom stereocenters. The normalized spacial score (nSPS) is 15.4. The Morgan fingerprint density at radius 1 is 0.806 bits per heavy atom. The van der Waals surface area contributed by atoms with Crippen LogP contribution in [0.5, 0.6) is 0 Å². The summed E-state index contributed by atoms with van der Waals surface area (Å²) in [5, 5.41) is 0. The van der Waals surface area contributed by atoms with Crippen molar-refractivity contribution >= 4 is 13.8 Å². The fourth-order valence-corrected chi connectivity index (χ4v) is 4.51. The number of likely N-dealkylation sites (N-methyl/N-ethyl adjacent to an activating group) is 1. The summed E-state index contributed by atoms with van der Waals surface area (Å²) in [6.45, 7) is 6.26. The zero-order chi connectivity index (χ0) is 27.3. The van der Waals surface area contributed by atoms with Crippen LogP contribution < -0.4 is 0 Å². The maximum atomic E-state index is 12.1. The largest absolute Gasteiger partial charge is 0.472 e. The average Bonchev–Trinajstić information content (AvgIpc) is 2.77. The molecule has 0 aliphatic heterocycles. The lowest BCUT2D eigenvalue weighted by Gasteiger charge is -2.26. The zero-order valence-electron chi connectivity index (χ0n) is 24.2.